The summed E-state index contributed by atoms with van der Waals surface area (Å²) < 4.78 is 10.3. The molecular formula is C20H20N2O5. The molecule has 2 amide bonds. The zero-order valence-electron chi connectivity index (χ0n) is 14.7. The first-order valence-corrected chi connectivity index (χ1v) is 8.43. The number of hydrogen-bond acceptors (Lipinski definition) is 5. The van der Waals surface area contributed by atoms with E-state index in [0.29, 0.717) is 5.56 Å². The van der Waals surface area contributed by atoms with Gasteiger partial charge in [0.1, 0.15) is 5.76 Å². The lowest BCUT2D eigenvalue weighted by molar-refractivity contribution is -0.140. The van der Waals surface area contributed by atoms with E-state index in [1.165, 1.54) is 18.8 Å². The zero-order valence-corrected chi connectivity index (χ0v) is 14.7. The summed E-state index contributed by atoms with van der Waals surface area (Å²) in [4.78, 5) is 24.4. The predicted octanol–water partition coefficient (Wildman–Crippen LogP) is 2.10. The maximum absolute atomic E-state index is 12.2. The Bertz CT molecular complexity index is 838. The summed E-state index contributed by atoms with van der Waals surface area (Å²) >= 11 is 0. The van der Waals surface area contributed by atoms with Crippen LogP contribution in [0.15, 0.2) is 76.2 Å². The second-order valence-corrected chi connectivity index (χ2v) is 6.14. The number of aliphatic hydroxyl groups is 1. The number of amides is 2. The Labute approximate surface area is 156 Å². The summed E-state index contributed by atoms with van der Waals surface area (Å²) in [6, 6.07) is 13.7. The fourth-order valence-electron chi connectivity index (χ4n) is 2.72. The molecule has 27 heavy (non-hydrogen) atoms. The Morgan fingerprint density at radius 2 is 1.85 bits per heavy atom. The van der Waals surface area contributed by atoms with Gasteiger partial charge in [0.2, 0.25) is 0 Å². The lowest BCUT2D eigenvalue weighted by atomic mass is 9.93. The molecule has 2 atom stereocenters. The summed E-state index contributed by atoms with van der Waals surface area (Å²) in [6.07, 6.45) is 4.17. The third kappa shape index (κ3) is 4.09. The van der Waals surface area contributed by atoms with E-state index in [2.05, 4.69) is 10.6 Å². The monoisotopic (exact) mass is 368 g/mol. The minimum absolute atomic E-state index is 0.224. The molecule has 0 bridgehead atoms. The molecule has 7 nitrogen and oxygen atoms in total. The first-order chi connectivity index (χ1) is 13.0. The maximum atomic E-state index is 12.2. The van der Waals surface area contributed by atoms with Gasteiger partial charge in [-0.25, -0.2) is 0 Å². The predicted molar refractivity (Wildman–Crippen MR) is 96.4 cm³/mol. The van der Waals surface area contributed by atoms with Crippen LogP contribution in [0, 0.1) is 0 Å². The summed E-state index contributed by atoms with van der Waals surface area (Å²) in [6.45, 7) is 1.52. The summed E-state index contributed by atoms with van der Waals surface area (Å²) in [5.74, 6) is -1.42. The molecule has 3 aromatic rings. The molecule has 0 aliphatic heterocycles. The van der Waals surface area contributed by atoms with Crippen LogP contribution in [0.1, 0.15) is 29.9 Å². The smallest absolute Gasteiger partial charge is 0.309 e. The Hall–Kier alpha value is -3.32. The third-order valence-electron chi connectivity index (χ3n) is 4.29. The second-order valence-electron chi connectivity index (χ2n) is 6.14. The highest BCUT2D eigenvalue weighted by Gasteiger charge is 2.36. The Kier molecular flexibility index (Phi) is 5.42. The molecule has 0 aliphatic rings. The van der Waals surface area contributed by atoms with Crippen molar-refractivity contribution in [3.63, 3.8) is 0 Å². The Balaban J connectivity index is 1.65. The van der Waals surface area contributed by atoms with E-state index < -0.39 is 17.4 Å². The molecule has 3 rings (SSSR count). The molecular weight excluding hydrogens is 348 g/mol. The van der Waals surface area contributed by atoms with E-state index in [1.807, 2.05) is 30.3 Å². The summed E-state index contributed by atoms with van der Waals surface area (Å²) in [5.41, 5.74) is -0.378. The first kappa shape index (κ1) is 18.5. The largest absolute Gasteiger partial charge is 0.472 e. The number of hydrogen-bond donors (Lipinski definition) is 3. The van der Waals surface area contributed by atoms with Gasteiger partial charge in [0.05, 0.1) is 31.4 Å². The summed E-state index contributed by atoms with van der Waals surface area (Å²) in [7, 11) is 0. The highest BCUT2D eigenvalue weighted by atomic mass is 16.4. The van der Waals surface area contributed by atoms with Crippen molar-refractivity contribution in [1.82, 2.24) is 10.6 Å². The van der Waals surface area contributed by atoms with Crippen molar-refractivity contribution in [1.29, 1.82) is 0 Å². The highest BCUT2D eigenvalue weighted by Crippen LogP contribution is 2.29. The van der Waals surface area contributed by atoms with Gasteiger partial charge in [-0.2, -0.15) is 0 Å². The summed E-state index contributed by atoms with van der Waals surface area (Å²) in [5, 5.41) is 16.1. The number of carbonyl (C=O) groups excluding carboxylic acids is 2. The van der Waals surface area contributed by atoms with E-state index in [-0.39, 0.29) is 18.3 Å². The van der Waals surface area contributed by atoms with Gasteiger partial charge in [0, 0.05) is 5.56 Å². The average Bonchev–Trinajstić information content (AvgIpc) is 3.40. The van der Waals surface area contributed by atoms with Crippen molar-refractivity contribution in [3.8, 4) is 0 Å². The molecule has 140 valence electrons. The van der Waals surface area contributed by atoms with Gasteiger partial charge >= 0.3 is 11.8 Å². The van der Waals surface area contributed by atoms with Gasteiger partial charge in [-0.05, 0) is 30.7 Å². The standard InChI is InChI=1S/C20H20N2O5/c1-14(15-6-3-2-4-7-15)22-19(24)18(23)21-13-20(25,16-9-11-26-12-16)17-8-5-10-27-17/h2-12,14,25H,13H2,1H3,(H,21,23)(H,22,24)/t14-,20-/m1/s1. The van der Waals surface area contributed by atoms with Crippen molar-refractivity contribution < 1.29 is 23.5 Å². The molecule has 0 saturated carbocycles. The number of benzene rings is 1. The lowest BCUT2D eigenvalue weighted by Crippen LogP contribution is -2.47. The SMILES string of the molecule is C[C@@H](NC(=O)C(=O)NC[C@@](O)(c1ccoc1)c1ccco1)c1ccccc1. The van der Waals surface area contributed by atoms with Crippen LogP contribution >= 0.6 is 0 Å². The molecule has 2 aromatic heterocycles. The van der Waals surface area contributed by atoms with Crippen LogP contribution in [-0.2, 0) is 15.2 Å². The van der Waals surface area contributed by atoms with E-state index in [4.69, 9.17) is 8.83 Å². The van der Waals surface area contributed by atoms with Gasteiger partial charge in [-0.3, -0.25) is 9.59 Å². The van der Waals surface area contributed by atoms with Gasteiger partial charge < -0.3 is 24.6 Å². The Morgan fingerprint density at radius 1 is 1.07 bits per heavy atom. The maximum Gasteiger partial charge on any atom is 0.309 e. The van der Waals surface area contributed by atoms with Crippen molar-refractivity contribution in [2.75, 3.05) is 6.54 Å². The fraction of sp³-hybridized carbons (Fsp3) is 0.200. The molecule has 0 radical (unpaired) electrons. The highest BCUT2D eigenvalue weighted by molar-refractivity contribution is 6.35. The van der Waals surface area contributed by atoms with Crippen molar-refractivity contribution >= 4 is 11.8 Å². The minimum Gasteiger partial charge on any atom is -0.472 e. The van der Waals surface area contributed by atoms with Gasteiger partial charge in [-0.1, -0.05) is 30.3 Å². The van der Waals surface area contributed by atoms with Crippen LogP contribution in [0.4, 0.5) is 0 Å². The number of rotatable bonds is 6. The van der Waals surface area contributed by atoms with Crippen molar-refractivity contribution in [3.05, 3.63) is 84.2 Å². The topological polar surface area (TPSA) is 105 Å². The van der Waals surface area contributed by atoms with Gasteiger partial charge in [0.15, 0.2) is 5.60 Å². The van der Waals surface area contributed by atoms with E-state index in [1.54, 1.807) is 25.1 Å². The molecule has 3 N–H and O–H groups in total. The number of nitrogens with one attached hydrogen (secondary N) is 2. The molecule has 0 spiro atoms. The molecule has 0 unspecified atom stereocenters. The third-order valence-corrected chi connectivity index (χ3v) is 4.29. The molecule has 7 heteroatoms. The van der Waals surface area contributed by atoms with Crippen molar-refractivity contribution in [2.45, 2.75) is 18.6 Å². The van der Waals surface area contributed by atoms with Crippen LogP contribution in [-0.4, -0.2) is 23.5 Å². The normalized spacial score (nSPS) is 14.1. The van der Waals surface area contributed by atoms with Crippen LogP contribution in [0.2, 0.25) is 0 Å². The molecule has 0 aliphatic carbocycles. The second kappa shape index (κ2) is 7.92. The quantitative estimate of drug-likeness (QED) is 0.578. The molecule has 0 fully saturated rings. The first-order valence-electron chi connectivity index (χ1n) is 8.43. The van der Waals surface area contributed by atoms with E-state index in [9.17, 15) is 14.7 Å². The van der Waals surface area contributed by atoms with Crippen molar-refractivity contribution in [2.24, 2.45) is 0 Å². The van der Waals surface area contributed by atoms with Gasteiger partial charge in [-0.15, -0.1) is 0 Å². The minimum atomic E-state index is -1.66. The number of furan rings is 2. The van der Waals surface area contributed by atoms with Crippen LogP contribution in [0.25, 0.3) is 0 Å². The van der Waals surface area contributed by atoms with Gasteiger partial charge in [0.25, 0.3) is 0 Å². The lowest BCUT2D eigenvalue weighted by Gasteiger charge is -2.25. The van der Waals surface area contributed by atoms with Crippen LogP contribution in [0.5, 0.6) is 0 Å². The number of carbonyl (C=O) groups is 2. The fourth-order valence-corrected chi connectivity index (χ4v) is 2.72. The molecule has 0 saturated heterocycles. The van der Waals surface area contributed by atoms with E-state index >= 15 is 0 Å². The zero-order chi connectivity index (χ0) is 19.3. The average molecular weight is 368 g/mol. The molecule has 1 aromatic carbocycles. The van der Waals surface area contributed by atoms with Crippen LogP contribution in [0.3, 0.4) is 0 Å². The van der Waals surface area contributed by atoms with E-state index in [0.717, 1.165) is 5.56 Å². The van der Waals surface area contributed by atoms with Crippen LogP contribution < -0.4 is 10.6 Å². The molecule has 2 heterocycles. The Morgan fingerprint density at radius 3 is 2.48 bits per heavy atom.